The van der Waals surface area contributed by atoms with E-state index in [-0.39, 0.29) is 10.8 Å². The highest BCUT2D eigenvalue weighted by atomic mass is 19.4. The summed E-state index contributed by atoms with van der Waals surface area (Å²) in [4.78, 5) is 0. The number of hydrogen-bond acceptors (Lipinski definition) is 1. The van der Waals surface area contributed by atoms with Crippen molar-refractivity contribution in [2.45, 2.75) is 64.7 Å². The van der Waals surface area contributed by atoms with Crippen molar-refractivity contribution in [1.29, 1.82) is 0 Å². The number of halogens is 5. The lowest BCUT2D eigenvalue weighted by molar-refractivity contribution is -0.276. The van der Waals surface area contributed by atoms with E-state index in [4.69, 9.17) is 0 Å². The molecule has 3 aromatic carbocycles. The number of benzene rings is 3. The summed E-state index contributed by atoms with van der Waals surface area (Å²) in [6.45, 7) is 2.26. The SMILES string of the molecule is CCCC1CCC(CCc2ccc(-c3ccc4c(F)c(OC(F)(F)F)c(F)cc4c3)cc2)CC1. The molecule has 0 bridgehead atoms. The lowest BCUT2D eigenvalue weighted by atomic mass is 9.78. The summed E-state index contributed by atoms with van der Waals surface area (Å²) < 4.78 is 69.5. The lowest BCUT2D eigenvalue weighted by Gasteiger charge is -2.28. The molecule has 0 aromatic heterocycles. The van der Waals surface area contributed by atoms with Gasteiger partial charge in [-0.3, -0.25) is 0 Å². The molecule has 34 heavy (non-hydrogen) atoms. The number of ether oxygens (including phenoxy) is 1. The highest BCUT2D eigenvalue weighted by Crippen LogP contribution is 2.36. The second kappa shape index (κ2) is 10.3. The average Bonchev–Trinajstić information content (AvgIpc) is 2.81. The molecule has 0 heterocycles. The molecule has 0 radical (unpaired) electrons. The molecule has 1 aliphatic carbocycles. The van der Waals surface area contributed by atoms with E-state index in [9.17, 15) is 22.0 Å². The van der Waals surface area contributed by atoms with E-state index < -0.39 is 23.7 Å². The summed E-state index contributed by atoms with van der Waals surface area (Å²) in [5, 5.41) is 0.0412. The molecule has 4 rings (SSSR count). The van der Waals surface area contributed by atoms with Crippen molar-refractivity contribution in [3.63, 3.8) is 0 Å². The van der Waals surface area contributed by atoms with Crippen molar-refractivity contribution >= 4 is 10.8 Å². The molecule has 1 aliphatic rings. The van der Waals surface area contributed by atoms with Crippen LogP contribution in [0.15, 0.2) is 48.5 Å². The van der Waals surface area contributed by atoms with Crippen molar-refractivity contribution in [2.24, 2.45) is 11.8 Å². The number of aryl methyl sites for hydroxylation is 1. The van der Waals surface area contributed by atoms with Crippen LogP contribution in [0.3, 0.4) is 0 Å². The predicted molar refractivity (Wildman–Crippen MR) is 125 cm³/mol. The minimum Gasteiger partial charge on any atom is -0.399 e. The molecule has 6 heteroatoms. The molecular weight excluding hydrogens is 447 g/mol. The van der Waals surface area contributed by atoms with Crippen LogP contribution in [-0.2, 0) is 6.42 Å². The topological polar surface area (TPSA) is 9.23 Å². The fourth-order valence-electron chi connectivity index (χ4n) is 5.15. The van der Waals surface area contributed by atoms with Crippen molar-refractivity contribution < 1.29 is 26.7 Å². The van der Waals surface area contributed by atoms with Gasteiger partial charge in [0.05, 0.1) is 0 Å². The lowest BCUT2D eigenvalue weighted by Crippen LogP contribution is -2.19. The van der Waals surface area contributed by atoms with Gasteiger partial charge in [0, 0.05) is 5.39 Å². The minimum absolute atomic E-state index is 0.130. The van der Waals surface area contributed by atoms with Gasteiger partial charge in [-0.1, -0.05) is 81.8 Å². The second-order valence-corrected chi connectivity index (χ2v) is 9.40. The maximum absolute atomic E-state index is 14.5. The van der Waals surface area contributed by atoms with Gasteiger partial charge in [0.15, 0.2) is 11.6 Å². The molecule has 1 nitrogen and oxygen atoms in total. The van der Waals surface area contributed by atoms with Crippen LogP contribution in [0.4, 0.5) is 22.0 Å². The van der Waals surface area contributed by atoms with Crippen LogP contribution < -0.4 is 4.74 Å². The summed E-state index contributed by atoms with van der Waals surface area (Å²) in [6.07, 6.45) is 5.02. The molecular formula is C28H29F5O. The van der Waals surface area contributed by atoms with E-state index in [0.717, 1.165) is 35.4 Å². The van der Waals surface area contributed by atoms with Gasteiger partial charge in [-0.15, -0.1) is 13.2 Å². The monoisotopic (exact) mass is 476 g/mol. The Morgan fingerprint density at radius 1 is 0.824 bits per heavy atom. The third-order valence-electron chi connectivity index (χ3n) is 7.00. The summed E-state index contributed by atoms with van der Waals surface area (Å²) in [6, 6.07) is 13.5. The number of hydrogen-bond donors (Lipinski definition) is 0. The van der Waals surface area contributed by atoms with Gasteiger partial charge in [0.25, 0.3) is 0 Å². The van der Waals surface area contributed by atoms with E-state index in [0.29, 0.717) is 0 Å². The van der Waals surface area contributed by atoms with Crippen molar-refractivity contribution in [2.75, 3.05) is 0 Å². The first-order chi connectivity index (χ1) is 16.2. The Balaban J connectivity index is 1.43. The highest BCUT2D eigenvalue weighted by Gasteiger charge is 2.34. The van der Waals surface area contributed by atoms with E-state index >= 15 is 0 Å². The van der Waals surface area contributed by atoms with Crippen LogP contribution in [0.2, 0.25) is 0 Å². The number of alkyl halides is 3. The maximum Gasteiger partial charge on any atom is 0.573 e. The van der Waals surface area contributed by atoms with E-state index in [1.54, 1.807) is 12.1 Å². The van der Waals surface area contributed by atoms with Gasteiger partial charge in [-0.25, -0.2) is 8.78 Å². The summed E-state index contributed by atoms with van der Waals surface area (Å²) in [5.74, 6) is -2.48. The predicted octanol–water partition coefficient (Wildman–Crippen LogP) is 9.22. The number of rotatable bonds is 7. The van der Waals surface area contributed by atoms with Gasteiger partial charge in [-0.05, 0) is 58.9 Å². The van der Waals surface area contributed by atoms with Crippen LogP contribution in [0.5, 0.6) is 5.75 Å². The molecule has 0 N–H and O–H groups in total. The van der Waals surface area contributed by atoms with E-state index in [1.165, 1.54) is 56.6 Å². The summed E-state index contributed by atoms with van der Waals surface area (Å²) in [7, 11) is 0. The van der Waals surface area contributed by atoms with Crippen LogP contribution in [0.1, 0.15) is 57.4 Å². The first-order valence-corrected chi connectivity index (χ1v) is 12.0. The van der Waals surface area contributed by atoms with Crippen molar-refractivity contribution in [3.05, 3.63) is 65.7 Å². The molecule has 182 valence electrons. The van der Waals surface area contributed by atoms with Gasteiger partial charge in [0.1, 0.15) is 0 Å². The standard InChI is InChI=1S/C28H29F5O/c1-2-3-18-4-6-19(7-5-18)8-9-20-10-12-21(13-11-20)22-14-15-24-23(16-22)17-25(29)27(26(24)30)34-28(31,32)33/h10-19H,2-9H2,1H3. The van der Waals surface area contributed by atoms with Gasteiger partial charge in [0.2, 0.25) is 5.75 Å². The Bertz CT molecular complexity index is 1110. The largest absolute Gasteiger partial charge is 0.573 e. The first kappa shape index (κ1) is 24.5. The Hall–Kier alpha value is -2.63. The average molecular weight is 477 g/mol. The molecule has 0 aliphatic heterocycles. The smallest absolute Gasteiger partial charge is 0.399 e. The van der Waals surface area contributed by atoms with E-state index in [1.807, 2.05) is 12.1 Å². The van der Waals surface area contributed by atoms with Gasteiger partial charge in [-0.2, -0.15) is 0 Å². The molecule has 0 amide bonds. The zero-order valence-corrected chi connectivity index (χ0v) is 19.2. The Kier molecular flexibility index (Phi) is 7.44. The molecule has 0 unspecified atom stereocenters. The first-order valence-electron chi connectivity index (χ1n) is 12.0. The summed E-state index contributed by atoms with van der Waals surface area (Å²) in [5.41, 5.74) is 2.87. The summed E-state index contributed by atoms with van der Waals surface area (Å²) >= 11 is 0. The minimum atomic E-state index is -5.18. The number of fused-ring (bicyclic) bond motifs is 1. The third kappa shape index (κ3) is 5.89. The molecule has 0 saturated heterocycles. The fourth-order valence-corrected chi connectivity index (χ4v) is 5.15. The van der Waals surface area contributed by atoms with E-state index in [2.05, 4.69) is 23.8 Å². The van der Waals surface area contributed by atoms with Crippen LogP contribution in [0, 0.1) is 23.5 Å². The zero-order valence-electron chi connectivity index (χ0n) is 19.2. The zero-order chi connectivity index (χ0) is 24.3. The van der Waals surface area contributed by atoms with Crippen molar-refractivity contribution in [3.8, 4) is 16.9 Å². The second-order valence-electron chi connectivity index (χ2n) is 9.40. The van der Waals surface area contributed by atoms with Crippen LogP contribution in [-0.4, -0.2) is 6.36 Å². The Morgan fingerprint density at radius 2 is 1.44 bits per heavy atom. The normalized spacial score (nSPS) is 18.9. The molecule has 0 spiro atoms. The highest BCUT2D eigenvalue weighted by molar-refractivity contribution is 5.89. The molecule has 0 atom stereocenters. The molecule has 1 fully saturated rings. The quantitative estimate of drug-likeness (QED) is 0.309. The molecule has 3 aromatic rings. The van der Waals surface area contributed by atoms with Crippen LogP contribution >= 0.6 is 0 Å². The third-order valence-corrected chi connectivity index (χ3v) is 7.00. The molecule has 1 saturated carbocycles. The Morgan fingerprint density at radius 3 is 2.06 bits per heavy atom. The van der Waals surface area contributed by atoms with Crippen molar-refractivity contribution in [1.82, 2.24) is 0 Å². The Labute approximate surface area is 196 Å². The maximum atomic E-state index is 14.5. The van der Waals surface area contributed by atoms with Gasteiger partial charge >= 0.3 is 6.36 Å². The van der Waals surface area contributed by atoms with Crippen LogP contribution in [0.25, 0.3) is 21.9 Å². The fraction of sp³-hybridized carbons (Fsp3) is 0.429. The van der Waals surface area contributed by atoms with Gasteiger partial charge < -0.3 is 4.74 Å².